The first-order valence-corrected chi connectivity index (χ1v) is 19.0. The Hall–Kier alpha value is -6.05. The van der Waals surface area contributed by atoms with Crippen LogP contribution in [-0.4, -0.2) is 146 Å². The number of amides is 4. The van der Waals surface area contributed by atoms with Gasteiger partial charge in [-0.05, 0) is 59.1 Å². The molecule has 0 aliphatic carbocycles. The second-order valence-electron chi connectivity index (χ2n) is 13.0. The molecular formula is C40H65N5O15. The summed E-state index contributed by atoms with van der Waals surface area (Å²) in [5.74, 6) is -0.856. The molecule has 0 radical (unpaired) electrons. The van der Waals surface area contributed by atoms with Gasteiger partial charge in [0.2, 0.25) is 0 Å². The molecule has 0 rings (SSSR count). The molecule has 0 aromatic rings. The van der Waals surface area contributed by atoms with Gasteiger partial charge in [-0.1, -0.05) is 39.8 Å². The summed E-state index contributed by atoms with van der Waals surface area (Å²) in [6.45, 7) is 28.8. The molecule has 340 valence electrons. The monoisotopic (exact) mass is 855 g/mol. The largest absolute Gasteiger partial charge is 0.492 e. The minimum atomic E-state index is -0.627. The molecule has 20 nitrogen and oxygen atoms in total. The molecule has 4 amide bonds. The Morgan fingerprint density at radius 3 is 1.00 bits per heavy atom. The van der Waals surface area contributed by atoms with E-state index in [2.05, 4.69) is 54.2 Å². The summed E-state index contributed by atoms with van der Waals surface area (Å²) in [4.78, 5) is 81.3. The van der Waals surface area contributed by atoms with Crippen LogP contribution in [0.15, 0.2) is 60.9 Å². The van der Waals surface area contributed by atoms with Crippen LogP contribution in [0.25, 0.3) is 0 Å². The lowest BCUT2D eigenvalue weighted by atomic mass is 10.1. The van der Waals surface area contributed by atoms with Crippen LogP contribution < -0.4 is 21.3 Å². The minimum Gasteiger partial charge on any atom is -0.492 e. The van der Waals surface area contributed by atoms with Gasteiger partial charge in [0.05, 0.1) is 39.4 Å². The predicted octanol–water partition coefficient (Wildman–Crippen LogP) is 3.69. The summed E-state index contributed by atoms with van der Waals surface area (Å²) >= 11 is 0. The van der Waals surface area contributed by atoms with Crippen molar-refractivity contribution in [3.8, 4) is 0 Å². The fraction of sp³-hybridized carbons (Fsp3) is 0.575. The number of carbonyl (C=O) groups excluding carboxylic acids is 7. The zero-order valence-electron chi connectivity index (χ0n) is 36.0. The first-order valence-electron chi connectivity index (χ1n) is 19.0. The lowest BCUT2D eigenvalue weighted by Crippen LogP contribution is -2.34. The van der Waals surface area contributed by atoms with Crippen molar-refractivity contribution in [1.29, 1.82) is 0 Å². The highest BCUT2D eigenvalue weighted by Gasteiger charge is 2.10. The molecule has 0 saturated carbocycles. The van der Waals surface area contributed by atoms with E-state index in [0.717, 1.165) is 5.57 Å². The van der Waals surface area contributed by atoms with Crippen LogP contribution in [0, 0.1) is 5.92 Å². The normalized spacial score (nSPS) is 10.4. The number of ether oxygens (including phenoxy) is 8. The number of rotatable bonds is 29. The van der Waals surface area contributed by atoms with Crippen molar-refractivity contribution < 1.29 is 71.5 Å². The highest BCUT2D eigenvalue weighted by atomic mass is 16.6. The number of nitrogens with zero attached hydrogens (tertiary/aromatic N) is 1. The number of nitrogens with one attached hydrogen (secondary N) is 4. The highest BCUT2D eigenvalue weighted by Crippen LogP contribution is 2.08. The first-order chi connectivity index (χ1) is 28.3. The number of esters is 3. The van der Waals surface area contributed by atoms with Crippen molar-refractivity contribution >= 4 is 42.3 Å². The van der Waals surface area contributed by atoms with E-state index in [0.29, 0.717) is 43.8 Å². The fourth-order valence-corrected chi connectivity index (χ4v) is 3.46. The lowest BCUT2D eigenvalue weighted by Gasteiger charge is -2.16. The topological polar surface area (TPSA) is 245 Å². The average Bonchev–Trinajstić information content (AvgIpc) is 3.18. The molecule has 20 heteroatoms. The Bertz CT molecular complexity index is 1240. The molecule has 0 spiro atoms. The summed E-state index contributed by atoms with van der Waals surface area (Å²) in [6, 6.07) is 0. The van der Waals surface area contributed by atoms with Gasteiger partial charge in [0, 0.05) is 29.8 Å². The molecule has 0 bridgehead atoms. The summed E-state index contributed by atoms with van der Waals surface area (Å²) in [6.07, 6.45) is -1.09. The van der Waals surface area contributed by atoms with Crippen molar-refractivity contribution in [1.82, 2.24) is 26.2 Å². The summed E-state index contributed by atoms with van der Waals surface area (Å²) in [5, 5.41) is 9.95. The van der Waals surface area contributed by atoms with Crippen LogP contribution in [0.4, 0.5) is 19.2 Å². The zero-order valence-corrected chi connectivity index (χ0v) is 36.0. The van der Waals surface area contributed by atoms with Crippen LogP contribution in [0.3, 0.4) is 0 Å². The van der Waals surface area contributed by atoms with Crippen LogP contribution in [0.2, 0.25) is 0 Å². The van der Waals surface area contributed by atoms with E-state index in [-0.39, 0.29) is 89.6 Å². The SMILES string of the molecule is C=C(C)C(=C)OCCNC(=O)OCCC(C)CCOC(=O)NCCOC(=O)C(=C)C.C=C(C)C(=O)OCCNC(=O)OCCN(C)CCOC(=O)NCCOC(=O)C(=C)C. The summed E-state index contributed by atoms with van der Waals surface area (Å²) in [7, 11) is 1.77. The Balaban J connectivity index is 0. The molecule has 0 saturated heterocycles. The number of hydrogen-bond donors (Lipinski definition) is 4. The highest BCUT2D eigenvalue weighted by molar-refractivity contribution is 5.87. The maximum Gasteiger partial charge on any atom is 0.407 e. The van der Waals surface area contributed by atoms with Gasteiger partial charge < -0.3 is 59.2 Å². The predicted molar refractivity (Wildman–Crippen MR) is 221 cm³/mol. The molecule has 0 aliphatic heterocycles. The average molecular weight is 856 g/mol. The second-order valence-corrected chi connectivity index (χ2v) is 13.0. The van der Waals surface area contributed by atoms with Crippen LogP contribution in [0.1, 0.15) is 47.5 Å². The maximum atomic E-state index is 11.6. The smallest absolute Gasteiger partial charge is 0.407 e. The molecular weight excluding hydrogens is 790 g/mol. The third kappa shape index (κ3) is 35.1. The van der Waals surface area contributed by atoms with Crippen LogP contribution >= 0.6 is 0 Å². The van der Waals surface area contributed by atoms with E-state index in [9.17, 15) is 33.6 Å². The summed E-state index contributed by atoms with van der Waals surface area (Å²) < 4.78 is 39.8. The third-order valence-corrected chi connectivity index (χ3v) is 7.08. The molecule has 60 heavy (non-hydrogen) atoms. The number of hydrogen-bond acceptors (Lipinski definition) is 16. The first kappa shape index (κ1) is 56.0. The Kier molecular flexibility index (Phi) is 32.6. The van der Waals surface area contributed by atoms with E-state index in [1.54, 1.807) is 20.9 Å². The van der Waals surface area contributed by atoms with Gasteiger partial charge in [-0.3, -0.25) is 4.90 Å². The van der Waals surface area contributed by atoms with Gasteiger partial charge in [-0.15, -0.1) is 0 Å². The molecule has 4 N–H and O–H groups in total. The van der Waals surface area contributed by atoms with Gasteiger partial charge in [0.1, 0.15) is 45.4 Å². The standard InChI is InChI=1S/C21H34N2O7.C19H31N3O8/c1-15(2)18(6)27-13-9-22-20(25)29-11-7-17(5)8-12-30-21(26)23-10-14-28-19(24)16(3)4;1-14(2)16(23)27-10-6-20-18(25)29-12-8-22(5)9-13-30-19(26)21-7-11-28-17(24)15(3)4/h17H,1,3,6-14H2,2,4-5H3,(H,22,25)(H,23,26);1,3,6-13H2,2,4-5H3,(H,20,25)(H,21,26). The van der Waals surface area contributed by atoms with Gasteiger partial charge in [0.25, 0.3) is 0 Å². The Labute approximate surface area is 353 Å². The van der Waals surface area contributed by atoms with E-state index < -0.39 is 42.3 Å². The van der Waals surface area contributed by atoms with Gasteiger partial charge in [0.15, 0.2) is 0 Å². The number of allylic oxidation sites excluding steroid dienone is 1. The van der Waals surface area contributed by atoms with Gasteiger partial charge in [-0.2, -0.15) is 0 Å². The van der Waals surface area contributed by atoms with Crippen molar-refractivity contribution in [3.05, 3.63) is 60.9 Å². The Morgan fingerprint density at radius 1 is 0.433 bits per heavy atom. The number of alkyl carbamates (subject to hydrolysis) is 4. The molecule has 0 aromatic carbocycles. The second kappa shape index (κ2) is 34.9. The molecule has 0 heterocycles. The minimum absolute atomic E-state index is 0.0242. The van der Waals surface area contributed by atoms with E-state index in [1.807, 2.05) is 11.8 Å². The summed E-state index contributed by atoms with van der Waals surface area (Å²) in [5.41, 5.74) is 1.60. The maximum absolute atomic E-state index is 11.6. The zero-order chi connectivity index (χ0) is 45.9. The quantitative estimate of drug-likeness (QED) is 0.0209. The molecule has 0 aliphatic rings. The molecule has 0 aromatic heterocycles. The number of likely N-dealkylation sites (N-methyl/N-ethyl adjacent to an activating group) is 1. The molecule has 1 unspecified atom stereocenters. The van der Waals surface area contributed by atoms with Crippen molar-refractivity contribution in [2.75, 3.05) is 99.2 Å². The van der Waals surface area contributed by atoms with Gasteiger partial charge in [-0.25, -0.2) is 33.6 Å². The number of carbonyl (C=O) groups is 7. The molecule has 1 atom stereocenters. The Morgan fingerprint density at radius 2 is 0.717 bits per heavy atom. The van der Waals surface area contributed by atoms with E-state index in [1.165, 1.54) is 13.8 Å². The van der Waals surface area contributed by atoms with Crippen molar-refractivity contribution in [2.45, 2.75) is 47.5 Å². The van der Waals surface area contributed by atoms with Crippen molar-refractivity contribution in [2.24, 2.45) is 5.92 Å². The molecule has 0 fully saturated rings. The lowest BCUT2D eigenvalue weighted by molar-refractivity contribution is -0.139. The van der Waals surface area contributed by atoms with Crippen molar-refractivity contribution in [3.63, 3.8) is 0 Å². The van der Waals surface area contributed by atoms with Crippen LogP contribution in [-0.2, 0) is 52.3 Å². The van der Waals surface area contributed by atoms with E-state index in [4.69, 9.17) is 37.9 Å². The third-order valence-electron chi connectivity index (χ3n) is 7.08. The van der Waals surface area contributed by atoms with E-state index >= 15 is 0 Å². The van der Waals surface area contributed by atoms with Gasteiger partial charge >= 0.3 is 42.3 Å². The fourth-order valence-electron chi connectivity index (χ4n) is 3.46. The van der Waals surface area contributed by atoms with Crippen LogP contribution in [0.5, 0.6) is 0 Å².